The molecule has 0 fully saturated rings. The number of hydrogen-bond donors (Lipinski definition) is 2. The van der Waals surface area contributed by atoms with Gasteiger partial charge in [-0.1, -0.05) is 0 Å². The molecule has 2 aromatic rings. The first-order chi connectivity index (χ1) is 9.33. The summed E-state index contributed by atoms with van der Waals surface area (Å²) in [5.41, 5.74) is 2.11. The van der Waals surface area contributed by atoms with E-state index in [9.17, 15) is 4.79 Å². The lowest BCUT2D eigenvalue weighted by atomic mass is 10.1. The third-order valence-electron chi connectivity index (χ3n) is 3.06. The third-order valence-corrected chi connectivity index (χ3v) is 3.06. The van der Waals surface area contributed by atoms with Crippen LogP contribution in [0.2, 0.25) is 0 Å². The number of amides is 1. The number of carbonyl (C=O) groups excluding carboxylic acids is 1. The zero-order valence-electron chi connectivity index (χ0n) is 10.3. The highest BCUT2D eigenvalue weighted by Crippen LogP contribution is 2.24. The van der Waals surface area contributed by atoms with E-state index in [2.05, 4.69) is 25.5 Å². The van der Waals surface area contributed by atoms with Gasteiger partial charge in [0.25, 0.3) is 0 Å². The number of carbonyl (C=O) groups is 1. The maximum Gasteiger partial charge on any atom is 0.245 e. The molecule has 0 bridgehead atoms. The fourth-order valence-corrected chi connectivity index (χ4v) is 2.21. The Morgan fingerprint density at radius 1 is 1.42 bits per heavy atom. The van der Waals surface area contributed by atoms with Crippen molar-refractivity contribution in [1.29, 1.82) is 0 Å². The van der Waals surface area contributed by atoms with Crippen molar-refractivity contribution in [3.05, 3.63) is 30.5 Å². The molecule has 0 saturated carbocycles. The van der Waals surface area contributed by atoms with Crippen LogP contribution in [0.5, 0.6) is 0 Å². The van der Waals surface area contributed by atoms with Crippen LogP contribution in [0.1, 0.15) is 12.1 Å². The number of nitrogens with one attached hydrogen (secondary N) is 2. The van der Waals surface area contributed by atoms with Crippen molar-refractivity contribution in [2.75, 3.05) is 23.3 Å². The molecule has 0 atom stereocenters. The molecule has 3 rings (SSSR count). The van der Waals surface area contributed by atoms with Crippen LogP contribution in [0, 0.1) is 0 Å². The Balaban J connectivity index is 1.65. The normalized spacial score (nSPS) is 14.0. The van der Waals surface area contributed by atoms with Gasteiger partial charge in [-0.2, -0.15) is 5.10 Å². The van der Waals surface area contributed by atoms with Crippen molar-refractivity contribution in [3.8, 4) is 0 Å². The van der Waals surface area contributed by atoms with Gasteiger partial charge in [-0.3, -0.25) is 14.9 Å². The number of H-pyrrole nitrogens is 1. The second kappa shape index (κ2) is 5.05. The first-order valence-electron chi connectivity index (χ1n) is 6.16. The Bertz CT molecular complexity index is 567. The number of rotatable bonds is 3. The molecule has 7 heteroatoms. The quantitative estimate of drug-likeness (QED) is 0.841. The van der Waals surface area contributed by atoms with Crippen LogP contribution in [0.3, 0.4) is 0 Å². The summed E-state index contributed by atoms with van der Waals surface area (Å²) in [5, 5.41) is 9.72. The molecule has 2 N–H and O–H groups in total. The first-order valence-corrected chi connectivity index (χ1v) is 6.16. The largest absolute Gasteiger partial charge is 0.359 e. The van der Waals surface area contributed by atoms with Gasteiger partial charge in [0.15, 0.2) is 5.82 Å². The summed E-state index contributed by atoms with van der Waals surface area (Å²) in [5.74, 6) is 0.367. The van der Waals surface area contributed by atoms with E-state index in [4.69, 9.17) is 0 Å². The number of fused-ring (bicyclic) bond motifs is 1. The van der Waals surface area contributed by atoms with Crippen LogP contribution in [-0.2, 0) is 11.2 Å². The Labute approximate surface area is 110 Å². The molecule has 0 unspecified atom stereocenters. The molecule has 3 heterocycles. The molecule has 1 aliphatic rings. The van der Waals surface area contributed by atoms with E-state index >= 15 is 0 Å². The second-order valence-corrected chi connectivity index (χ2v) is 4.40. The molecule has 7 nitrogen and oxygen atoms in total. The second-order valence-electron chi connectivity index (χ2n) is 4.40. The standard InChI is InChI=1S/C12H14N6O/c19-12(16-11-7-13-3-4-14-11)8-18-5-1-2-9-10(18)6-15-17-9/h3-4,6-7H,1-2,5,8H2,(H,15,17)(H,14,16,19). The number of nitrogens with zero attached hydrogens (tertiary/aromatic N) is 4. The van der Waals surface area contributed by atoms with Crippen molar-refractivity contribution in [2.24, 2.45) is 0 Å². The lowest BCUT2D eigenvalue weighted by Gasteiger charge is -2.27. The van der Waals surface area contributed by atoms with Crippen molar-refractivity contribution in [1.82, 2.24) is 20.2 Å². The minimum absolute atomic E-state index is 0.102. The highest BCUT2D eigenvalue weighted by atomic mass is 16.2. The zero-order chi connectivity index (χ0) is 13.1. The van der Waals surface area contributed by atoms with Crippen LogP contribution >= 0.6 is 0 Å². The molecule has 0 radical (unpaired) electrons. The predicted molar refractivity (Wildman–Crippen MR) is 69.8 cm³/mol. The Morgan fingerprint density at radius 2 is 2.37 bits per heavy atom. The zero-order valence-corrected chi connectivity index (χ0v) is 10.3. The van der Waals surface area contributed by atoms with E-state index in [1.165, 1.54) is 6.20 Å². The van der Waals surface area contributed by atoms with Crippen LogP contribution in [0.4, 0.5) is 11.5 Å². The summed E-state index contributed by atoms with van der Waals surface area (Å²) in [6.45, 7) is 1.16. The van der Waals surface area contributed by atoms with Crippen LogP contribution < -0.4 is 10.2 Å². The van der Waals surface area contributed by atoms with Gasteiger partial charge in [0.1, 0.15) is 0 Å². The number of anilines is 2. The first kappa shape index (κ1) is 11.6. The lowest BCUT2D eigenvalue weighted by Crippen LogP contribution is -2.36. The topological polar surface area (TPSA) is 86.8 Å². The molecule has 0 saturated heterocycles. The van der Waals surface area contributed by atoms with Crippen molar-refractivity contribution in [3.63, 3.8) is 0 Å². The van der Waals surface area contributed by atoms with E-state index in [1.54, 1.807) is 18.6 Å². The van der Waals surface area contributed by atoms with Gasteiger partial charge in [-0.15, -0.1) is 0 Å². The molecule has 0 aromatic carbocycles. The highest BCUT2D eigenvalue weighted by Gasteiger charge is 2.20. The summed E-state index contributed by atoms with van der Waals surface area (Å²) in [6, 6.07) is 0. The van der Waals surface area contributed by atoms with Crippen molar-refractivity contribution in [2.45, 2.75) is 12.8 Å². The minimum atomic E-state index is -0.102. The Kier molecular flexibility index (Phi) is 3.09. The fourth-order valence-electron chi connectivity index (χ4n) is 2.21. The molecule has 1 aliphatic heterocycles. The fraction of sp³-hybridized carbons (Fsp3) is 0.333. The molecule has 0 aliphatic carbocycles. The van der Waals surface area contributed by atoms with E-state index in [1.807, 2.05) is 4.90 Å². The summed E-state index contributed by atoms with van der Waals surface area (Å²) >= 11 is 0. The summed E-state index contributed by atoms with van der Waals surface area (Å²) in [4.78, 5) is 21.9. The van der Waals surface area contributed by atoms with E-state index < -0.39 is 0 Å². The lowest BCUT2D eigenvalue weighted by molar-refractivity contribution is -0.115. The van der Waals surface area contributed by atoms with E-state index in [0.29, 0.717) is 12.4 Å². The van der Waals surface area contributed by atoms with Crippen LogP contribution in [0.25, 0.3) is 0 Å². The Hall–Kier alpha value is -2.44. The van der Waals surface area contributed by atoms with E-state index in [-0.39, 0.29) is 5.91 Å². The average molecular weight is 258 g/mol. The van der Waals surface area contributed by atoms with Gasteiger partial charge in [-0.05, 0) is 12.8 Å². The highest BCUT2D eigenvalue weighted by molar-refractivity contribution is 5.93. The number of aromatic nitrogens is 4. The molecule has 2 aromatic heterocycles. The molecule has 1 amide bonds. The average Bonchev–Trinajstić information content (AvgIpc) is 2.89. The Morgan fingerprint density at radius 3 is 3.21 bits per heavy atom. The summed E-state index contributed by atoms with van der Waals surface area (Å²) in [6.07, 6.45) is 8.41. The van der Waals surface area contributed by atoms with E-state index in [0.717, 1.165) is 30.8 Å². The number of hydrogen-bond acceptors (Lipinski definition) is 5. The van der Waals surface area contributed by atoms with Crippen LogP contribution in [0.15, 0.2) is 24.8 Å². The minimum Gasteiger partial charge on any atom is -0.359 e. The number of aromatic amines is 1. The van der Waals surface area contributed by atoms with Gasteiger partial charge < -0.3 is 10.2 Å². The molecular weight excluding hydrogens is 244 g/mol. The monoisotopic (exact) mass is 258 g/mol. The van der Waals surface area contributed by atoms with Crippen molar-refractivity contribution >= 4 is 17.4 Å². The SMILES string of the molecule is O=C(CN1CCCc2[nH]ncc21)Nc1cnccn1. The molecular formula is C12H14N6O. The maximum atomic E-state index is 12.0. The number of aryl methyl sites for hydroxylation is 1. The molecule has 19 heavy (non-hydrogen) atoms. The van der Waals surface area contributed by atoms with Crippen molar-refractivity contribution < 1.29 is 4.79 Å². The maximum absolute atomic E-state index is 12.0. The smallest absolute Gasteiger partial charge is 0.245 e. The molecule has 0 spiro atoms. The summed E-state index contributed by atoms with van der Waals surface area (Å²) < 4.78 is 0. The van der Waals surface area contributed by atoms with Gasteiger partial charge >= 0.3 is 0 Å². The third kappa shape index (κ3) is 2.54. The van der Waals surface area contributed by atoms with Crippen LogP contribution in [-0.4, -0.2) is 39.2 Å². The van der Waals surface area contributed by atoms with Gasteiger partial charge in [0.2, 0.25) is 5.91 Å². The summed E-state index contributed by atoms with van der Waals surface area (Å²) in [7, 11) is 0. The van der Waals surface area contributed by atoms with Gasteiger partial charge in [0.05, 0.1) is 30.3 Å². The predicted octanol–water partition coefficient (Wildman–Crippen LogP) is 0.591. The molecule has 98 valence electrons. The van der Waals surface area contributed by atoms with Gasteiger partial charge in [-0.25, -0.2) is 4.98 Å². The van der Waals surface area contributed by atoms with Gasteiger partial charge in [0, 0.05) is 18.9 Å².